The van der Waals surface area contributed by atoms with Crippen LogP contribution in [0.25, 0.3) is 0 Å². The van der Waals surface area contributed by atoms with E-state index in [0.717, 1.165) is 18.4 Å². The van der Waals surface area contributed by atoms with Gasteiger partial charge in [-0.05, 0) is 38.3 Å². The molecule has 0 aliphatic heterocycles. The van der Waals surface area contributed by atoms with Gasteiger partial charge in [0.1, 0.15) is 11.5 Å². The third-order valence-corrected chi connectivity index (χ3v) is 4.84. The molecule has 1 unspecified atom stereocenters. The van der Waals surface area contributed by atoms with Crippen molar-refractivity contribution in [3.8, 4) is 17.2 Å². The first-order valence-corrected chi connectivity index (χ1v) is 8.95. The number of rotatable bonds is 5. The van der Waals surface area contributed by atoms with Crippen molar-refractivity contribution in [1.82, 2.24) is 0 Å². The Hall–Kier alpha value is -2.02. The van der Waals surface area contributed by atoms with Gasteiger partial charge in [0.2, 0.25) is 0 Å². The van der Waals surface area contributed by atoms with E-state index in [2.05, 4.69) is 0 Å². The van der Waals surface area contributed by atoms with E-state index in [4.69, 9.17) is 32.7 Å². The summed E-state index contributed by atoms with van der Waals surface area (Å²) in [7, 11) is 0. The molecule has 0 saturated heterocycles. The quantitative estimate of drug-likeness (QED) is 0.508. The molecule has 0 heterocycles. The van der Waals surface area contributed by atoms with Crippen LogP contribution in [0.3, 0.4) is 0 Å². The number of phenolic OH excluding ortho intramolecular Hbond substituents is 1. The number of nitro groups is 1. The summed E-state index contributed by atoms with van der Waals surface area (Å²) in [6, 6.07) is 5.56. The number of benzene rings is 2. The average molecular weight is 398 g/mol. The molecular formula is C18H17Cl2NO5. The van der Waals surface area contributed by atoms with Crippen molar-refractivity contribution in [3.05, 3.63) is 55.6 Å². The summed E-state index contributed by atoms with van der Waals surface area (Å²) in [6.07, 6.45) is 2.22. The second-order valence-electron chi connectivity index (χ2n) is 5.91. The minimum Gasteiger partial charge on any atom is -0.508 e. The van der Waals surface area contributed by atoms with Crippen molar-refractivity contribution >= 4 is 28.9 Å². The predicted molar refractivity (Wildman–Crippen MR) is 98.6 cm³/mol. The molecule has 0 spiro atoms. The molecule has 2 aromatic carbocycles. The summed E-state index contributed by atoms with van der Waals surface area (Å²) in [5, 5.41) is 21.3. The van der Waals surface area contributed by atoms with Crippen LogP contribution in [-0.2, 0) is 11.2 Å². The lowest BCUT2D eigenvalue weighted by atomic mass is 9.88. The summed E-state index contributed by atoms with van der Waals surface area (Å²) >= 11 is 12.3. The Labute approximate surface area is 160 Å². The van der Waals surface area contributed by atoms with Crippen LogP contribution in [0.15, 0.2) is 24.3 Å². The van der Waals surface area contributed by atoms with Gasteiger partial charge in [0.15, 0.2) is 5.75 Å². The van der Waals surface area contributed by atoms with Crippen LogP contribution in [0.1, 0.15) is 37.0 Å². The SMILES string of the molecule is CCOC1CCCc2c(Oc3c(Cl)cc([N+](=O)[O-])cc3Cl)ccc(O)c21. The zero-order valence-corrected chi connectivity index (χ0v) is 15.5. The first-order chi connectivity index (χ1) is 12.4. The highest BCUT2D eigenvalue weighted by Crippen LogP contribution is 2.46. The summed E-state index contributed by atoms with van der Waals surface area (Å²) in [6.45, 7) is 2.44. The van der Waals surface area contributed by atoms with E-state index in [1.54, 1.807) is 12.1 Å². The van der Waals surface area contributed by atoms with Crippen LogP contribution in [-0.4, -0.2) is 16.6 Å². The first-order valence-electron chi connectivity index (χ1n) is 8.20. The molecule has 0 amide bonds. The highest BCUT2D eigenvalue weighted by Gasteiger charge is 2.27. The van der Waals surface area contributed by atoms with Crippen LogP contribution in [0.4, 0.5) is 5.69 Å². The Kier molecular flexibility index (Phi) is 5.55. The van der Waals surface area contributed by atoms with Crippen LogP contribution in [0.5, 0.6) is 17.2 Å². The molecule has 138 valence electrons. The number of aromatic hydroxyl groups is 1. The number of hydrogen-bond donors (Lipinski definition) is 1. The number of phenols is 1. The van der Waals surface area contributed by atoms with E-state index in [1.807, 2.05) is 6.92 Å². The number of nitrogens with zero attached hydrogens (tertiary/aromatic N) is 1. The maximum Gasteiger partial charge on any atom is 0.272 e. The molecule has 6 nitrogen and oxygen atoms in total. The molecule has 1 aliphatic carbocycles. The van der Waals surface area contributed by atoms with Crippen molar-refractivity contribution in [3.63, 3.8) is 0 Å². The van der Waals surface area contributed by atoms with Crippen LogP contribution in [0, 0.1) is 10.1 Å². The van der Waals surface area contributed by atoms with E-state index in [1.165, 1.54) is 12.1 Å². The van der Waals surface area contributed by atoms with Crippen molar-refractivity contribution < 1.29 is 19.5 Å². The van der Waals surface area contributed by atoms with Crippen LogP contribution in [0.2, 0.25) is 10.0 Å². The van der Waals surface area contributed by atoms with Crippen molar-refractivity contribution in [2.24, 2.45) is 0 Å². The minimum absolute atomic E-state index is 0.0446. The number of non-ortho nitro benzene ring substituents is 1. The van der Waals surface area contributed by atoms with Gasteiger partial charge in [-0.15, -0.1) is 0 Å². The normalized spacial score (nSPS) is 16.2. The van der Waals surface area contributed by atoms with Crippen molar-refractivity contribution in [1.29, 1.82) is 0 Å². The molecule has 3 rings (SSSR count). The third-order valence-electron chi connectivity index (χ3n) is 4.28. The first kappa shape index (κ1) is 18.8. The number of hydrogen-bond acceptors (Lipinski definition) is 5. The molecular weight excluding hydrogens is 381 g/mol. The van der Waals surface area contributed by atoms with Gasteiger partial charge in [-0.3, -0.25) is 10.1 Å². The lowest BCUT2D eigenvalue weighted by Gasteiger charge is -2.28. The molecule has 2 aromatic rings. The zero-order chi connectivity index (χ0) is 18.8. The maximum atomic E-state index is 10.9. The smallest absolute Gasteiger partial charge is 0.272 e. The zero-order valence-electron chi connectivity index (χ0n) is 14.0. The number of halogens is 2. The molecule has 1 atom stereocenters. The number of nitro benzene ring substituents is 1. The van der Waals surface area contributed by atoms with Crippen molar-refractivity contribution in [2.75, 3.05) is 6.61 Å². The summed E-state index contributed by atoms with van der Waals surface area (Å²) in [4.78, 5) is 10.3. The van der Waals surface area contributed by atoms with E-state index < -0.39 is 4.92 Å². The van der Waals surface area contributed by atoms with Gasteiger partial charge in [0.05, 0.1) is 21.1 Å². The van der Waals surface area contributed by atoms with E-state index in [-0.39, 0.29) is 33.3 Å². The Morgan fingerprint density at radius 2 is 2.00 bits per heavy atom. The predicted octanol–water partition coefficient (Wildman–Crippen LogP) is 5.81. The molecule has 0 aromatic heterocycles. The van der Waals surface area contributed by atoms with Crippen LogP contribution >= 0.6 is 23.2 Å². The topological polar surface area (TPSA) is 81.8 Å². The highest BCUT2D eigenvalue weighted by atomic mass is 35.5. The molecule has 0 saturated carbocycles. The van der Waals surface area contributed by atoms with Crippen molar-refractivity contribution in [2.45, 2.75) is 32.3 Å². The second-order valence-corrected chi connectivity index (χ2v) is 6.72. The second kappa shape index (κ2) is 7.70. The summed E-state index contributed by atoms with van der Waals surface area (Å²) in [5.41, 5.74) is 1.33. The van der Waals surface area contributed by atoms with Gasteiger partial charge in [0, 0.05) is 29.9 Å². The van der Waals surface area contributed by atoms with E-state index >= 15 is 0 Å². The van der Waals surface area contributed by atoms with Gasteiger partial charge in [-0.1, -0.05) is 23.2 Å². The molecule has 0 radical (unpaired) electrons. The lowest BCUT2D eigenvalue weighted by Crippen LogP contribution is -2.14. The fourth-order valence-electron chi connectivity index (χ4n) is 3.18. The van der Waals surface area contributed by atoms with E-state index in [9.17, 15) is 15.2 Å². The largest absolute Gasteiger partial charge is 0.508 e. The van der Waals surface area contributed by atoms with Gasteiger partial charge in [-0.25, -0.2) is 0 Å². The molecule has 8 heteroatoms. The highest BCUT2D eigenvalue weighted by molar-refractivity contribution is 6.37. The monoisotopic (exact) mass is 397 g/mol. The fraction of sp³-hybridized carbons (Fsp3) is 0.333. The Bertz CT molecular complexity index is 833. The Morgan fingerprint density at radius 3 is 2.62 bits per heavy atom. The molecule has 0 bridgehead atoms. The van der Waals surface area contributed by atoms with Gasteiger partial charge < -0.3 is 14.6 Å². The Balaban J connectivity index is 2.02. The number of fused-ring (bicyclic) bond motifs is 1. The van der Waals surface area contributed by atoms with Gasteiger partial charge in [-0.2, -0.15) is 0 Å². The molecule has 1 aliphatic rings. The standard InChI is InChI=1S/C18H17Cl2NO5/c1-2-25-16-5-3-4-11-15(7-6-14(22)17(11)16)26-18-12(19)8-10(21(23)24)9-13(18)20/h6-9,16,22H,2-5H2,1H3. The van der Waals surface area contributed by atoms with E-state index in [0.29, 0.717) is 24.3 Å². The van der Waals surface area contributed by atoms with Crippen LogP contribution < -0.4 is 4.74 Å². The lowest BCUT2D eigenvalue weighted by molar-refractivity contribution is -0.384. The molecule has 1 N–H and O–H groups in total. The number of ether oxygens (including phenoxy) is 2. The van der Waals surface area contributed by atoms with Gasteiger partial charge >= 0.3 is 0 Å². The minimum atomic E-state index is -0.573. The molecule has 0 fully saturated rings. The summed E-state index contributed by atoms with van der Waals surface area (Å²) < 4.78 is 11.6. The molecule has 26 heavy (non-hydrogen) atoms. The third kappa shape index (κ3) is 3.58. The summed E-state index contributed by atoms with van der Waals surface area (Å²) in [5.74, 6) is 0.802. The average Bonchev–Trinajstić information content (AvgIpc) is 2.60. The van der Waals surface area contributed by atoms with Gasteiger partial charge in [0.25, 0.3) is 5.69 Å². The Morgan fingerprint density at radius 1 is 1.31 bits per heavy atom. The fourth-order valence-corrected chi connectivity index (χ4v) is 3.73. The maximum absolute atomic E-state index is 10.9.